The maximum atomic E-state index is 13.0. The molecule has 7 heteroatoms. The number of fused-ring (bicyclic) bond motifs is 1. The van der Waals surface area contributed by atoms with E-state index in [0.717, 1.165) is 34.3 Å². The quantitative estimate of drug-likeness (QED) is 0.525. The Morgan fingerprint density at radius 1 is 0.968 bits per heavy atom. The Hall–Kier alpha value is -3.74. The van der Waals surface area contributed by atoms with Crippen molar-refractivity contribution in [3.63, 3.8) is 0 Å². The third-order valence-electron chi connectivity index (χ3n) is 5.34. The van der Waals surface area contributed by atoms with Crippen LogP contribution in [0.25, 0.3) is 16.6 Å². The van der Waals surface area contributed by atoms with Gasteiger partial charge in [0.1, 0.15) is 6.54 Å². The Balaban J connectivity index is 1.56. The second kappa shape index (κ2) is 8.55. The fourth-order valence-electron chi connectivity index (χ4n) is 3.71. The molecule has 1 N–H and O–H groups in total. The number of carbonyl (C=O) groups excluding carboxylic acids is 1. The van der Waals surface area contributed by atoms with Gasteiger partial charge in [-0.1, -0.05) is 48.0 Å². The molecule has 1 amide bonds. The lowest BCUT2D eigenvalue weighted by Crippen LogP contribution is -2.35. The predicted octanol–water partition coefficient (Wildman–Crippen LogP) is 2.87. The van der Waals surface area contributed by atoms with Crippen LogP contribution in [0, 0.1) is 20.8 Å². The van der Waals surface area contributed by atoms with E-state index in [4.69, 9.17) is 0 Å². The van der Waals surface area contributed by atoms with Crippen LogP contribution in [0.15, 0.2) is 59.4 Å². The molecule has 0 aliphatic heterocycles. The molecule has 2 aromatic carbocycles. The molecule has 0 fully saturated rings. The van der Waals surface area contributed by atoms with Crippen molar-refractivity contribution >= 4 is 16.8 Å². The van der Waals surface area contributed by atoms with Crippen molar-refractivity contribution in [1.82, 2.24) is 24.9 Å². The number of nitrogens with one attached hydrogen (secondary N) is 1. The molecular formula is C24H25N5O2. The van der Waals surface area contributed by atoms with Gasteiger partial charge in [-0.2, -0.15) is 10.2 Å². The zero-order chi connectivity index (χ0) is 22.0. The van der Waals surface area contributed by atoms with Crippen LogP contribution in [-0.4, -0.2) is 32.0 Å². The largest absolute Gasteiger partial charge is 0.354 e. The van der Waals surface area contributed by atoms with Crippen LogP contribution in [0.5, 0.6) is 0 Å². The fourth-order valence-corrected chi connectivity index (χ4v) is 3.71. The maximum Gasteiger partial charge on any atom is 0.295 e. The molecule has 0 radical (unpaired) electrons. The molecule has 7 nitrogen and oxygen atoms in total. The van der Waals surface area contributed by atoms with Gasteiger partial charge >= 0.3 is 0 Å². The first-order valence-electron chi connectivity index (χ1n) is 10.3. The highest BCUT2D eigenvalue weighted by Crippen LogP contribution is 2.21. The smallest absolute Gasteiger partial charge is 0.295 e. The highest BCUT2D eigenvalue weighted by Gasteiger charge is 2.18. The lowest BCUT2D eigenvalue weighted by atomic mass is 10.1. The van der Waals surface area contributed by atoms with Crippen molar-refractivity contribution in [2.24, 2.45) is 0 Å². The number of carbonyl (C=O) groups is 1. The lowest BCUT2D eigenvalue weighted by molar-refractivity contribution is -0.121. The van der Waals surface area contributed by atoms with Crippen LogP contribution in [0.1, 0.15) is 22.5 Å². The van der Waals surface area contributed by atoms with Crippen LogP contribution in [-0.2, 0) is 17.8 Å². The first-order chi connectivity index (χ1) is 14.9. The molecule has 0 spiro atoms. The molecule has 0 aliphatic carbocycles. The van der Waals surface area contributed by atoms with Gasteiger partial charge in [0.15, 0.2) is 5.52 Å². The molecule has 4 aromatic rings. The van der Waals surface area contributed by atoms with Gasteiger partial charge in [-0.3, -0.25) is 9.59 Å². The van der Waals surface area contributed by atoms with Crippen LogP contribution in [0.4, 0.5) is 0 Å². The molecule has 2 aromatic heterocycles. The fraction of sp³-hybridized carbons (Fsp3) is 0.250. The summed E-state index contributed by atoms with van der Waals surface area (Å²) in [7, 11) is 0. The number of hydrogen-bond donors (Lipinski definition) is 1. The maximum absolute atomic E-state index is 13.0. The summed E-state index contributed by atoms with van der Waals surface area (Å²) in [6, 6.07) is 17.9. The second-order valence-electron chi connectivity index (χ2n) is 7.69. The summed E-state index contributed by atoms with van der Waals surface area (Å²) in [6.45, 7) is 6.14. The molecule has 0 aliphatic rings. The highest BCUT2D eigenvalue weighted by molar-refractivity contribution is 5.83. The standard InChI is InChI=1S/C24H25N5O2/c1-16-9-11-20(12-10-16)29-18(3)22-17(2)26-28(24(31)23(22)27-29)15-21(30)25-14-13-19-7-5-4-6-8-19/h4-12H,13-15H2,1-3H3,(H,25,30). The monoisotopic (exact) mass is 415 g/mol. The molecule has 31 heavy (non-hydrogen) atoms. The lowest BCUT2D eigenvalue weighted by Gasteiger charge is -2.08. The van der Waals surface area contributed by atoms with E-state index < -0.39 is 0 Å². The van der Waals surface area contributed by atoms with Gasteiger partial charge in [0.25, 0.3) is 5.56 Å². The van der Waals surface area contributed by atoms with E-state index in [1.165, 1.54) is 4.68 Å². The van der Waals surface area contributed by atoms with E-state index in [2.05, 4.69) is 15.5 Å². The van der Waals surface area contributed by atoms with Gasteiger partial charge < -0.3 is 5.32 Å². The molecule has 0 atom stereocenters. The van der Waals surface area contributed by atoms with E-state index >= 15 is 0 Å². The zero-order valence-corrected chi connectivity index (χ0v) is 17.9. The molecular weight excluding hydrogens is 390 g/mol. The number of nitrogens with zero attached hydrogens (tertiary/aromatic N) is 4. The van der Waals surface area contributed by atoms with E-state index in [-0.39, 0.29) is 18.0 Å². The number of aromatic nitrogens is 4. The average Bonchev–Trinajstić information content (AvgIpc) is 3.11. The van der Waals surface area contributed by atoms with Crippen molar-refractivity contribution in [2.75, 3.05) is 6.54 Å². The van der Waals surface area contributed by atoms with E-state index in [9.17, 15) is 9.59 Å². The minimum Gasteiger partial charge on any atom is -0.354 e. The Kier molecular flexibility index (Phi) is 5.66. The molecule has 0 saturated heterocycles. The summed E-state index contributed by atoms with van der Waals surface area (Å²) in [5.41, 5.74) is 4.64. The molecule has 0 bridgehead atoms. The van der Waals surface area contributed by atoms with E-state index in [1.54, 1.807) is 4.68 Å². The van der Waals surface area contributed by atoms with Gasteiger partial charge in [0, 0.05) is 6.54 Å². The number of aryl methyl sites for hydroxylation is 3. The van der Waals surface area contributed by atoms with Crippen molar-refractivity contribution < 1.29 is 4.79 Å². The number of benzene rings is 2. The average molecular weight is 415 g/mol. The normalized spacial score (nSPS) is 11.1. The van der Waals surface area contributed by atoms with Gasteiger partial charge in [0.05, 0.1) is 22.5 Å². The van der Waals surface area contributed by atoms with Crippen molar-refractivity contribution in [3.05, 3.63) is 87.5 Å². The molecule has 4 rings (SSSR count). The summed E-state index contributed by atoms with van der Waals surface area (Å²) in [5, 5.41) is 12.5. The molecule has 0 saturated carbocycles. The van der Waals surface area contributed by atoms with Crippen molar-refractivity contribution in [1.29, 1.82) is 0 Å². The first-order valence-corrected chi connectivity index (χ1v) is 10.3. The van der Waals surface area contributed by atoms with Crippen LogP contribution in [0.2, 0.25) is 0 Å². The number of rotatable bonds is 6. The Labute approximate surface area is 180 Å². The summed E-state index contributed by atoms with van der Waals surface area (Å²) in [4.78, 5) is 25.4. The summed E-state index contributed by atoms with van der Waals surface area (Å²) in [5.74, 6) is -0.251. The Bertz CT molecular complexity index is 1290. The van der Waals surface area contributed by atoms with Gasteiger partial charge in [-0.05, 0) is 44.9 Å². The van der Waals surface area contributed by atoms with Gasteiger partial charge in [0.2, 0.25) is 5.91 Å². The molecule has 158 valence electrons. The van der Waals surface area contributed by atoms with Crippen LogP contribution >= 0.6 is 0 Å². The highest BCUT2D eigenvalue weighted by atomic mass is 16.2. The SMILES string of the molecule is Cc1ccc(-n2nc3c(=O)n(CC(=O)NCCc4ccccc4)nc(C)c3c2C)cc1. The third kappa shape index (κ3) is 4.26. The number of hydrogen-bond acceptors (Lipinski definition) is 4. The Morgan fingerprint density at radius 3 is 2.39 bits per heavy atom. The number of amides is 1. The van der Waals surface area contributed by atoms with Crippen LogP contribution in [0.3, 0.4) is 0 Å². The predicted molar refractivity (Wildman–Crippen MR) is 120 cm³/mol. The van der Waals surface area contributed by atoms with Crippen LogP contribution < -0.4 is 10.9 Å². The van der Waals surface area contributed by atoms with Gasteiger partial charge in [-0.15, -0.1) is 0 Å². The Morgan fingerprint density at radius 2 is 1.68 bits per heavy atom. The molecule has 2 heterocycles. The van der Waals surface area contributed by atoms with E-state index in [1.807, 2.05) is 75.4 Å². The summed E-state index contributed by atoms with van der Waals surface area (Å²) in [6.07, 6.45) is 0.729. The molecule has 0 unspecified atom stereocenters. The topological polar surface area (TPSA) is 81.8 Å². The summed E-state index contributed by atoms with van der Waals surface area (Å²) >= 11 is 0. The minimum atomic E-state index is -0.368. The van der Waals surface area contributed by atoms with Crippen molar-refractivity contribution in [2.45, 2.75) is 33.7 Å². The zero-order valence-electron chi connectivity index (χ0n) is 17.9. The third-order valence-corrected chi connectivity index (χ3v) is 5.34. The van der Waals surface area contributed by atoms with Crippen molar-refractivity contribution in [3.8, 4) is 5.69 Å². The minimum absolute atomic E-state index is 0.138. The van der Waals surface area contributed by atoms with E-state index in [0.29, 0.717) is 17.8 Å². The summed E-state index contributed by atoms with van der Waals surface area (Å²) < 4.78 is 2.95. The second-order valence-corrected chi connectivity index (χ2v) is 7.69. The first kappa shape index (κ1) is 20.5. The van der Waals surface area contributed by atoms with Gasteiger partial charge in [-0.25, -0.2) is 9.36 Å².